The van der Waals surface area contributed by atoms with Gasteiger partial charge < -0.3 is 15.2 Å². The van der Waals surface area contributed by atoms with Crippen LogP contribution in [0.5, 0.6) is 0 Å². The van der Waals surface area contributed by atoms with Crippen molar-refractivity contribution in [2.24, 2.45) is 10.9 Å². The standard InChI is InChI=1S/C35H43N5/c1-6-25-17-27(19-28(18-25)37-22(2)3)26-13-14-29-24(5)23(4)21-36-33(30(29)20-26)35-38-31-11-10-12-32(34(31)39-35)40-15-8-7-9-16-40/h10-14,17-20,22-24,37H,6-9,15-16,21H2,1-5H3,(H,38,39). The molecule has 208 valence electrons. The van der Waals surface area contributed by atoms with Gasteiger partial charge in [0.15, 0.2) is 5.82 Å². The number of para-hydroxylation sites is 1. The molecule has 0 aliphatic carbocycles. The van der Waals surface area contributed by atoms with Crippen molar-refractivity contribution >= 4 is 28.1 Å². The summed E-state index contributed by atoms with van der Waals surface area (Å²) in [5.74, 6) is 1.75. The summed E-state index contributed by atoms with van der Waals surface area (Å²) in [5, 5.41) is 3.61. The fourth-order valence-corrected chi connectivity index (χ4v) is 6.32. The van der Waals surface area contributed by atoms with Gasteiger partial charge in [-0.1, -0.05) is 45.0 Å². The van der Waals surface area contributed by atoms with Crippen LogP contribution >= 0.6 is 0 Å². The Bertz CT molecular complexity index is 1540. The molecule has 2 aliphatic rings. The van der Waals surface area contributed by atoms with Crippen LogP contribution < -0.4 is 10.2 Å². The molecule has 4 aromatic rings. The topological polar surface area (TPSA) is 56.3 Å². The Kier molecular flexibility index (Phi) is 7.39. The van der Waals surface area contributed by atoms with E-state index in [9.17, 15) is 0 Å². The molecule has 0 radical (unpaired) electrons. The number of piperidine rings is 1. The van der Waals surface area contributed by atoms with Crippen LogP contribution in [0.4, 0.5) is 11.4 Å². The summed E-state index contributed by atoms with van der Waals surface area (Å²) < 4.78 is 0. The van der Waals surface area contributed by atoms with Gasteiger partial charge in [-0.2, -0.15) is 0 Å². The summed E-state index contributed by atoms with van der Waals surface area (Å²) in [6.07, 6.45) is 4.83. The van der Waals surface area contributed by atoms with Crippen molar-refractivity contribution in [1.29, 1.82) is 0 Å². The van der Waals surface area contributed by atoms with E-state index in [0.717, 1.165) is 48.6 Å². The zero-order valence-corrected chi connectivity index (χ0v) is 24.7. The number of aromatic nitrogens is 2. The second-order valence-corrected chi connectivity index (χ2v) is 12.1. The van der Waals surface area contributed by atoms with Gasteiger partial charge in [-0.25, -0.2) is 4.98 Å². The van der Waals surface area contributed by atoms with Crippen LogP contribution in [-0.4, -0.2) is 41.4 Å². The summed E-state index contributed by atoms with van der Waals surface area (Å²) in [4.78, 5) is 16.6. The number of aromatic amines is 1. The Morgan fingerprint density at radius 3 is 2.58 bits per heavy atom. The average molecular weight is 534 g/mol. The molecular formula is C35H43N5. The second kappa shape index (κ2) is 11.1. The van der Waals surface area contributed by atoms with Gasteiger partial charge >= 0.3 is 0 Å². The zero-order chi connectivity index (χ0) is 27.8. The van der Waals surface area contributed by atoms with E-state index in [4.69, 9.17) is 9.98 Å². The Hall–Kier alpha value is -3.60. The molecule has 2 N–H and O–H groups in total. The van der Waals surface area contributed by atoms with Crippen molar-refractivity contribution in [3.05, 3.63) is 77.1 Å². The Balaban J connectivity index is 1.46. The predicted octanol–water partition coefficient (Wildman–Crippen LogP) is 8.19. The maximum atomic E-state index is 5.24. The van der Waals surface area contributed by atoms with Gasteiger partial charge in [-0.15, -0.1) is 0 Å². The first-order valence-corrected chi connectivity index (χ1v) is 15.2. The molecule has 1 saturated heterocycles. The van der Waals surface area contributed by atoms with Crippen LogP contribution in [0.2, 0.25) is 0 Å². The average Bonchev–Trinajstić information content (AvgIpc) is 3.36. The lowest BCUT2D eigenvalue weighted by Gasteiger charge is -2.28. The molecule has 0 saturated carbocycles. The fraction of sp³-hybridized carbons (Fsp3) is 0.429. The first kappa shape index (κ1) is 26.6. The third kappa shape index (κ3) is 5.14. The highest BCUT2D eigenvalue weighted by Gasteiger charge is 2.27. The first-order valence-electron chi connectivity index (χ1n) is 15.2. The highest BCUT2D eigenvalue weighted by atomic mass is 15.1. The van der Waals surface area contributed by atoms with E-state index in [1.54, 1.807) is 0 Å². The molecule has 0 amide bonds. The molecule has 5 heteroatoms. The van der Waals surface area contributed by atoms with Crippen molar-refractivity contribution in [2.45, 2.75) is 72.3 Å². The number of H-pyrrole nitrogens is 1. The summed E-state index contributed by atoms with van der Waals surface area (Å²) in [6, 6.07) is 20.8. The van der Waals surface area contributed by atoms with Crippen LogP contribution in [0, 0.1) is 5.92 Å². The number of aryl methyl sites for hydroxylation is 1. The van der Waals surface area contributed by atoms with E-state index < -0.39 is 0 Å². The van der Waals surface area contributed by atoms with Gasteiger partial charge in [0.05, 0.1) is 11.2 Å². The molecule has 0 bridgehead atoms. The zero-order valence-electron chi connectivity index (χ0n) is 24.7. The number of anilines is 2. The molecule has 1 aromatic heterocycles. The molecule has 3 heterocycles. The van der Waals surface area contributed by atoms with E-state index in [1.165, 1.54) is 58.5 Å². The van der Waals surface area contributed by atoms with E-state index in [2.05, 4.69) is 104 Å². The molecule has 6 rings (SSSR count). The first-order chi connectivity index (χ1) is 19.4. The summed E-state index contributed by atoms with van der Waals surface area (Å²) >= 11 is 0. The number of imidazole rings is 1. The van der Waals surface area contributed by atoms with Gasteiger partial charge in [-0.3, -0.25) is 4.99 Å². The van der Waals surface area contributed by atoms with Crippen LogP contribution in [0.1, 0.15) is 82.3 Å². The Morgan fingerprint density at radius 1 is 0.975 bits per heavy atom. The van der Waals surface area contributed by atoms with Crippen molar-refractivity contribution in [3.63, 3.8) is 0 Å². The van der Waals surface area contributed by atoms with Crippen molar-refractivity contribution in [2.75, 3.05) is 29.9 Å². The molecule has 40 heavy (non-hydrogen) atoms. The Labute approximate surface area is 239 Å². The molecule has 1 fully saturated rings. The smallest absolute Gasteiger partial charge is 0.157 e. The second-order valence-electron chi connectivity index (χ2n) is 12.1. The van der Waals surface area contributed by atoms with Gasteiger partial charge in [0, 0.05) is 36.9 Å². The number of fused-ring (bicyclic) bond motifs is 2. The Morgan fingerprint density at radius 2 is 1.80 bits per heavy atom. The molecule has 2 unspecified atom stereocenters. The van der Waals surface area contributed by atoms with Crippen molar-refractivity contribution in [1.82, 2.24) is 9.97 Å². The monoisotopic (exact) mass is 533 g/mol. The number of aliphatic imine (C=N–C) groups is 1. The van der Waals surface area contributed by atoms with E-state index in [-0.39, 0.29) is 0 Å². The maximum absolute atomic E-state index is 5.24. The van der Waals surface area contributed by atoms with Gasteiger partial charge in [0.25, 0.3) is 0 Å². The van der Waals surface area contributed by atoms with Crippen LogP contribution in [-0.2, 0) is 6.42 Å². The maximum Gasteiger partial charge on any atom is 0.157 e. The van der Waals surface area contributed by atoms with Crippen LogP contribution in [0.25, 0.3) is 22.2 Å². The largest absolute Gasteiger partial charge is 0.383 e. The summed E-state index contributed by atoms with van der Waals surface area (Å²) in [5.41, 5.74) is 11.9. The third-order valence-electron chi connectivity index (χ3n) is 8.79. The number of nitrogens with one attached hydrogen (secondary N) is 2. The van der Waals surface area contributed by atoms with E-state index >= 15 is 0 Å². The lowest BCUT2D eigenvalue weighted by molar-refractivity contribution is 0.504. The quantitative estimate of drug-likeness (QED) is 0.263. The van der Waals surface area contributed by atoms with E-state index in [0.29, 0.717) is 17.9 Å². The highest BCUT2D eigenvalue weighted by molar-refractivity contribution is 6.14. The van der Waals surface area contributed by atoms with Crippen LogP contribution in [0.15, 0.2) is 59.6 Å². The third-order valence-corrected chi connectivity index (χ3v) is 8.79. The number of rotatable bonds is 6. The predicted molar refractivity (Wildman–Crippen MR) is 170 cm³/mol. The normalized spacial score (nSPS) is 19.4. The molecule has 3 aromatic carbocycles. The molecule has 2 atom stereocenters. The molecule has 0 spiro atoms. The number of hydrogen-bond donors (Lipinski definition) is 2. The van der Waals surface area contributed by atoms with Crippen LogP contribution in [0.3, 0.4) is 0 Å². The molecule has 2 aliphatic heterocycles. The van der Waals surface area contributed by atoms with Gasteiger partial charge in [0.1, 0.15) is 11.2 Å². The lowest BCUT2D eigenvalue weighted by atomic mass is 9.84. The molecular weight excluding hydrogens is 490 g/mol. The summed E-state index contributed by atoms with van der Waals surface area (Å²) in [7, 11) is 0. The highest BCUT2D eigenvalue weighted by Crippen LogP contribution is 2.36. The fourth-order valence-electron chi connectivity index (χ4n) is 6.32. The van der Waals surface area contributed by atoms with Crippen molar-refractivity contribution in [3.8, 4) is 11.1 Å². The number of benzene rings is 3. The minimum Gasteiger partial charge on any atom is -0.383 e. The number of nitrogens with zero attached hydrogens (tertiary/aromatic N) is 3. The molecule has 5 nitrogen and oxygen atoms in total. The SMILES string of the molecule is CCc1cc(NC(C)C)cc(-c2ccc3c(c2)C(c2nc4c(N5CCCCC5)cccc4[nH]2)=NCC(C)C3C)c1. The minimum atomic E-state index is 0.385. The van der Waals surface area contributed by atoms with Gasteiger partial charge in [0.2, 0.25) is 0 Å². The van der Waals surface area contributed by atoms with Gasteiger partial charge in [-0.05, 0) is 104 Å². The number of hydrogen-bond acceptors (Lipinski definition) is 4. The lowest BCUT2D eigenvalue weighted by Crippen LogP contribution is -2.29. The summed E-state index contributed by atoms with van der Waals surface area (Å²) in [6.45, 7) is 14.3. The minimum absolute atomic E-state index is 0.385. The van der Waals surface area contributed by atoms with Crippen molar-refractivity contribution < 1.29 is 0 Å². The van der Waals surface area contributed by atoms with E-state index in [1.807, 2.05) is 0 Å².